The lowest BCUT2D eigenvalue weighted by Gasteiger charge is -2.09. The first kappa shape index (κ1) is 16.4. The molecule has 1 heterocycles. The van der Waals surface area contributed by atoms with Crippen LogP contribution in [0.1, 0.15) is 32.8 Å². The maximum Gasteiger partial charge on any atom is 0.257 e. The van der Waals surface area contributed by atoms with Crippen LogP contribution in [0.4, 0.5) is 5.00 Å². The van der Waals surface area contributed by atoms with Crippen LogP contribution in [-0.4, -0.2) is 11.0 Å². The van der Waals surface area contributed by atoms with E-state index < -0.39 is 0 Å². The maximum atomic E-state index is 12.2. The van der Waals surface area contributed by atoms with E-state index in [1.807, 2.05) is 12.1 Å². The van der Waals surface area contributed by atoms with Gasteiger partial charge in [0.2, 0.25) is 0 Å². The molecule has 2 aromatic rings. The van der Waals surface area contributed by atoms with Crippen LogP contribution in [0.3, 0.4) is 0 Å². The van der Waals surface area contributed by atoms with Crippen LogP contribution >= 0.6 is 46.1 Å². The first-order chi connectivity index (χ1) is 11.1. The normalized spacial score (nSPS) is 12.3. The summed E-state index contributed by atoms with van der Waals surface area (Å²) < 4.78 is 0.982. The van der Waals surface area contributed by atoms with Crippen LogP contribution in [0.15, 0.2) is 24.3 Å². The monoisotopic (exact) mass is 453 g/mol. The number of thiophene rings is 1. The summed E-state index contributed by atoms with van der Waals surface area (Å²) >= 11 is 8.92. The minimum absolute atomic E-state index is 0.213. The van der Waals surface area contributed by atoms with Crippen molar-refractivity contribution in [2.45, 2.75) is 19.3 Å². The van der Waals surface area contributed by atoms with E-state index in [9.17, 15) is 10.1 Å². The van der Waals surface area contributed by atoms with Gasteiger partial charge < -0.3 is 5.32 Å². The molecule has 1 aliphatic rings. The number of nitriles is 1. The number of thiocarbonyl (C=S) groups is 1. The smallest absolute Gasteiger partial charge is 0.257 e. The van der Waals surface area contributed by atoms with E-state index in [-0.39, 0.29) is 11.0 Å². The lowest BCUT2D eigenvalue weighted by atomic mass is 10.1. The summed E-state index contributed by atoms with van der Waals surface area (Å²) in [7, 11) is 0. The Morgan fingerprint density at radius 1 is 1.39 bits per heavy atom. The largest absolute Gasteiger partial charge is 0.323 e. The Morgan fingerprint density at radius 2 is 2.22 bits per heavy atom. The molecule has 0 saturated carbocycles. The van der Waals surface area contributed by atoms with Crippen molar-refractivity contribution in [3.8, 4) is 6.07 Å². The van der Waals surface area contributed by atoms with Crippen LogP contribution in [0.2, 0.25) is 0 Å². The van der Waals surface area contributed by atoms with Gasteiger partial charge in [-0.25, -0.2) is 0 Å². The van der Waals surface area contributed by atoms with Crippen molar-refractivity contribution in [2.24, 2.45) is 0 Å². The van der Waals surface area contributed by atoms with Gasteiger partial charge in [-0.3, -0.25) is 10.1 Å². The standard InChI is InChI=1S/C16H12IN3OS2/c17-10-4-1-3-9(7-10)14(21)19-16(22)20-15-12(8-18)11-5-2-6-13(11)23-15/h1,3-4,7H,2,5-6H2,(H2,19,20,21,22). The zero-order chi connectivity index (χ0) is 16.4. The number of carbonyl (C=O) groups is 1. The highest BCUT2D eigenvalue weighted by Gasteiger charge is 2.22. The Bertz CT molecular complexity index is 838. The highest BCUT2D eigenvalue weighted by molar-refractivity contribution is 14.1. The molecule has 0 spiro atoms. The van der Waals surface area contributed by atoms with E-state index in [0.717, 1.165) is 33.4 Å². The number of carbonyl (C=O) groups excluding carboxylic acids is 1. The van der Waals surface area contributed by atoms with Gasteiger partial charge in [0.05, 0.1) is 5.56 Å². The number of hydrogen-bond donors (Lipinski definition) is 2. The molecule has 0 aliphatic heterocycles. The fourth-order valence-corrected chi connectivity index (χ4v) is 4.60. The van der Waals surface area contributed by atoms with Gasteiger partial charge in [0.1, 0.15) is 11.1 Å². The van der Waals surface area contributed by atoms with Crippen LogP contribution in [-0.2, 0) is 12.8 Å². The van der Waals surface area contributed by atoms with Gasteiger partial charge in [0.15, 0.2) is 5.11 Å². The summed E-state index contributed by atoms with van der Waals surface area (Å²) in [6.45, 7) is 0. The highest BCUT2D eigenvalue weighted by atomic mass is 127. The molecule has 7 heteroatoms. The highest BCUT2D eigenvalue weighted by Crippen LogP contribution is 2.38. The Hall–Kier alpha value is -1.50. The average molecular weight is 453 g/mol. The van der Waals surface area contributed by atoms with Gasteiger partial charge in [-0.2, -0.15) is 5.26 Å². The van der Waals surface area contributed by atoms with Gasteiger partial charge in [0, 0.05) is 14.0 Å². The zero-order valence-corrected chi connectivity index (χ0v) is 15.8. The number of nitrogens with one attached hydrogen (secondary N) is 2. The topological polar surface area (TPSA) is 64.9 Å². The molecule has 0 radical (unpaired) electrons. The third-order valence-corrected chi connectivity index (χ3v) is 5.66. The Kier molecular flexibility index (Phi) is 4.94. The molecule has 1 amide bonds. The second-order valence-electron chi connectivity index (χ2n) is 5.09. The summed E-state index contributed by atoms with van der Waals surface area (Å²) in [5.74, 6) is -0.261. The number of aryl methyl sites for hydroxylation is 1. The fraction of sp³-hybridized carbons (Fsp3) is 0.188. The molecular formula is C16H12IN3OS2. The minimum Gasteiger partial charge on any atom is -0.323 e. The summed E-state index contributed by atoms with van der Waals surface area (Å²) in [5.41, 5.74) is 2.34. The molecule has 3 rings (SSSR count). The first-order valence-corrected chi connectivity index (χ1v) is 9.31. The van der Waals surface area contributed by atoms with Crippen molar-refractivity contribution < 1.29 is 4.79 Å². The van der Waals surface area contributed by atoms with Crippen LogP contribution in [0.25, 0.3) is 0 Å². The molecule has 116 valence electrons. The second-order valence-corrected chi connectivity index (χ2v) is 7.85. The van der Waals surface area contributed by atoms with Gasteiger partial charge in [0.25, 0.3) is 5.91 Å². The number of halogens is 1. The Morgan fingerprint density at radius 3 is 2.96 bits per heavy atom. The molecule has 1 aliphatic carbocycles. The average Bonchev–Trinajstić information content (AvgIpc) is 3.07. The molecule has 0 saturated heterocycles. The Labute approximate surface area is 157 Å². The molecule has 0 fully saturated rings. The van der Waals surface area contributed by atoms with E-state index in [1.54, 1.807) is 23.5 Å². The van der Waals surface area contributed by atoms with Crippen molar-refractivity contribution in [2.75, 3.05) is 5.32 Å². The molecular weight excluding hydrogens is 441 g/mol. The lowest BCUT2D eigenvalue weighted by molar-refractivity contribution is 0.0977. The second kappa shape index (κ2) is 6.95. The van der Waals surface area contributed by atoms with Gasteiger partial charge in [-0.1, -0.05) is 6.07 Å². The molecule has 0 unspecified atom stereocenters. The van der Waals surface area contributed by atoms with Gasteiger partial charge in [-0.15, -0.1) is 11.3 Å². The number of benzene rings is 1. The molecule has 23 heavy (non-hydrogen) atoms. The van der Waals surface area contributed by atoms with E-state index in [1.165, 1.54) is 4.88 Å². The van der Waals surface area contributed by atoms with Gasteiger partial charge in [-0.05, 0) is 77.8 Å². The van der Waals surface area contributed by atoms with Crippen molar-refractivity contribution in [1.82, 2.24) is 5.32 Å². The van der Waals surface area contributed by atoms with Crippen molar-refractivity contribution >= 4 is 62.2 Å². The minimum atomic E-state index is -0.261. The molecule has 2 N–H and O–H groups in total. The summed E-state index contributed by atoms with van der Waals surface area (Å²) in [5, 5.41) is 16.0. The third kappa shape index (κ3) is 3.54. The number of hydrogen-bond acceptors (Lipinski definition) is 4. The van der Waals surface area contributed by atoms with E-state index in [0.29, 0.717) is 11.1 Å². The predicted molar refractivity (Wildman–Crippen MR) is 104 cm³/mol. The summed E-state index contributed by atoms with van der Waals surface area (Å²) in [4.78, 5) is 13.4. The lowest BCUT2D eigenvalue weighted by Crippen LogP contribution is -2.34. The van der Waals surface area contributed by atoms with Crippen molar-refractivity contribution in [3.05, 3.63) is 49.4 Å². The van der Waals surface area contributed by atoms with Crippen LogP contribution in [0.5, 0.6) is 0 Å². The number of nitrogens with zero attached hydrogens (tertiary/aromatic N) is 1. The summed E-state index contributed by atoms with van der Waals surface area (Å²) in [6.07, 6.45) is 3.06. The third-order valence-electron chi connectivity index (χ3n) is 3.57. The number of rotatable bonds is 2. The van der Waals surface area contributed by atoms with Crippen molar-refractivity contribution in [3.63, 3.8) is 0 Å². The van der Waals surface area contributed by atoms with Gasteiger partial charge >= 0.3 is 0 Å². The van der Waals surface area contributed by atoms with Crippen LogP contribution < -0.4 is 10.6 Å². The number of fused-ring (bicyclic) bond motifs is 1. The molecule has 0 bridgehead atoms. The molecule has 4 nitrogen and oxygen atoms in total. The SMILES string of the molecule is N#Cc1c(NC(=S)NC(=O)c2cccc(I)c2)sc2c1CCC2. The maximum absolute atomic E-state index is 12.2. The van der Waals surface area contributed by atoms with E-state index >= 15 is 0 Å². The zero-order valence-electron chi connectivity index (χ0n) is 12.0. The molecule has 1 aromatic carbocycles. The number of anilines is 1. The number of amides is 1. The van der Waals surface area contributed by atoms with E-state index in [4.69, 9.17) is 12.2 Å². The first-order valence-electron chi connectivity index (χ1n) is 7.01. The fourth-order valence-electron chi connectivity index (χ4n) is 2.55. The molecule has 1 aromatic heterocycles. The Balaban J connectivity index is 1.71. The van der Waals surface area contributed by atoms with Crippen LogP contribution in [0, 0.1) is 14.9 Å². The predicted octanol–water partition coefficient (Wildman–Crippen LogP) is 3.84. The summed E-state index contributed by atoms with van der Waals surface area (Å²) in [6, 6.07) is 9.52. The van der Waals surface area contributed by atoms with Crippen molar-refractivity contribution in [1.29, 1.82) is 5.26 Å². The van der Waals surface area contributed by atoms with E-state index in [2.05, 4.69) is 39.3 Å². The molecule has 0 atom stereocenters. The quantitative estimate of drug-likeness (QED) is 0.536.